The first-order valence-electron chi connectivity index (χ1n) is 9.64. The summed E-state index contributed by atoms with van der Waals surface area (Å²) >= 11 is 1.57. The Balaban J connectivity index is 2.26. The summed E-state index contributed by atoms with van der Waals surface area (Å²) < 4.78 is 5.27. The van der Waals surface area contributed by atoms with Gasteiger partial charge in [-0.3, -0.25) is 4.79 Å². The third kappa shape index (κ3) is 4.84. The number of esters is 1. The Morgan fingerprint density at radius 3 is 2.72 bits per heavy atom. The quantitative estimate of drug-likeness (QED) is 0.644. The maximum Gasteiger partial charge on any atom is 0.341 e. The first kappa shape index (κ1) is 20.0. The van der Waals surface area contributed by atoms with Gasteiger partial charge in [-0.15, -0.1) is 11.3 Å². The Bertz CT molecular complexity index is 608. The lowest BCUT2D eigenvalue weighted by atomic mass is 9.88. The smallest absolute Gasteiger partial charge is 0.341 e. The minimum atomic E-state index is -0.300. The van der Waals surface area contributed by atoms with Gasteiger partial charge in [-0.1, -0.05) is 33.6 Å². The van der Waals surface area contributed by atoms with Crippen molar-refractivity contribution in [2.75, 3.05) is 11.9 Å². The molecular formula is C20H31NO3S. The number of hydrogen-bond acceptors (Lipinski definition) is 4. The van der Waals surface area contributed by atoms with Gasteiger partial charge >= 0.3 is 5.97 Å². The number of thiophene rings is 1. The highest BCUT2D eigenvalue weighted by atomic mass is 32.1. The van der Waals surface area contributed by atoms with Crippen LogP contribution >= 0.6 is 11.3 Å². The first-order valence-corrected chi connectivity index (χ1v) is 10.5. The number of hydrogen-bond donors (Lipinski definition) is 1. The van der Waals surface area contributed by atoms with Crippen molar-refractivity contribution in [2.45, 2.75) is 72.6 Å². The van der Waals surface area contributed by atoms with Crippen LogP contribution in [0.4, 0.5) is 5.00 Å². The highest BCUT2D eigenvalue weighted by molar-refractivity contribution is 7.17. The van der Waals surface area contributed by atoms with E-state index in [1.54, 1.807) is 11.3 Å². The second kappa shape index (κ2) is 9.37. The van der Waals surface area contributed by atoms with Crippen molar-refractivity contribution in [3.05, 3.63) is 16.0 Å². The molecule has 0 aliphatic heterocycles. The topological polar surface area (TPSA) is 55.4 Å². The van der Waals surface area contributed by atoms with Crippen LogP contribution < -0.4 is 5.32 Å². The van der Waals surface area contributed by atoms with Crippen molar-refractivity contribution >= 4 is 28.2 Å². The minimum Gasteiger partial charge on any atom is -0.462 e. The number of fused-ring (bicyclic) bond motifs is 1. The zero-order valence-corrected chi connectivity index (χ0v) is 16.8. The Morgan fingerprint density at radius 2 is 2.08 bits per heavy atom. The van der Waals surface area contributed by atoms with Gasteiger partial charge in [0.05, 0.1) is 12.2 Å². The van der Waals surface area contributed by atoms with Crippen LogP contribution in [0.3, 0.4) is 0 Å². The highest BCUT2D eigenvalue weighted by Crippen LogP contribution is 2.40. The molecule has 2 atom stereocenters. The molecule has 140 valence electrons. The van der Waals surface area contributed by atoms with E-state index in [-0.39, 0.29) is 17.8 Å². The number of unbranched alkanes of at least 4 members (excludes halogenated alkanes) is 1. The van der Waals surface area contributed by atoms with Crippen LogP contribution in [0.5, 0.6) is 0 Å². The molecule has 25 heavy (non-hydrogen) atoms. The van der Waals surface area contributed by atoms with E-state index in [1.165, 1.54) is 4.88 Å². The molecule has 0 spiro atoms. The summed E-state index contributed by atoms with van der Waals surface area (Å²) in [5.41, 5.74) is 1.70. The molecule has 0 saturated carbocycles. The van der Waals surface area contributed by atoms with Crippen molar-refractivity contribution in [3.63, 3.8) is 0 Å². The molecule has 0 fully saturated rings. The fourth-order valence-electron chi connectivity index (χ4n) is 3.44. The summed E-state index contributed by atoms with van der Waals surface area (Å²) in [6, 6.07) is 0. The van der Waals surface area contributed by atoms with Gasteiger partial charge in [-0.25, -0.2) is 4.79 Å². The number of nitrogens with one attached hydrogen (secondary N) is 1. The number of rotatable bonds is 8. The summed E-state index contributed by atoms with van der Waals surface area (Å²) in [7, 11) is 0. The molecule has 1 aromatic heterocycles. The number of anilines is 1. The third-order valence-electron chi connectivity index (χ3n) is 5.00. The molecule has 1 aliphatic carbocycles. The SMILES string of the molecule is CCCCC(CC)C(=O)Nc1sc2c(c1C(=O)OCC)CCC(C)C2. The van der Waals surface area contributed by atoms with Crippen molar-refractivity contribution in [2.24, 2.45) is 11.8 Å². The third-order valence-corrected chi connectivity index (χ3v) is 6.17. The van der Waals surface area contributed by atoms with Gasteiger partial charge in [0.2, 0.25) is 5.91 Å². The van der Waals surface area contributed by atoms with Crippen LogP contribution in [-0.2, 0) is 22.4 Å². The minimum absolute atomic E-state index is 0.00745. The molecule has 0 radical (unpaired) electrons. The van der Waals surface area contributed by atoms with Crippen molar-refractivity contribution in [1.82, 2.24) is 0 Å². The van der Waals surface area contributed by atoms with Crippen molar-refractivity contribution in [3.8, 4) is 0 Å². The molecule has 1 aromatic rings. The molecule has 2 rings (SSSR count). The van der Waals surface area contributed by atoms with Crippen LogP contribution in [0.2, 0.25) is 0 Å². The lowest BCUT2D eigenvalue weighted by molar-refractivity contribution is -0.120. The predicted molar refractivity (Wildman–Crippen MR) is 103 cm³/mol. The van der Waals surface area contributed by atoms with E-state index in [2.05, 4.69) is 19.2 Å². The molecule has 1 amide bonds. The molecule has 4 nitrogen and oxygen atoms in total. The van der Waals surface area contributed by atoms with E-state index in [0.29, 0.717) is 23.1 Å². The number of ether oxygens (including phenoxy) is 1. The molecule has 2 unspecified atom stereocenters. The molecular weight excluding hydrogens is 334 g/mol. The number of carbonyl (C=O) groups excluding carboxylic acids is 2. The lowest BCUT2D eigenvalue weighted by Gasteiger charge is -2.18. The van der Waals surface area contributed by atoms with Crippen LogP contribution in [0.1, 0.15) is 80.6 Å². The van der Waals surface area contributed by atoms with E-state index in [9.17, 15) is 9.59 Å². The van der Waals surface area contributed by atoms with E-state index in [1.807, 2.05) is 13.8 Å². The van der Waals surface area contributed by atoms with Crippen LogP contribution in [0.15, 0.2) is 0 Å². The maximum absolute atomic E-state index is 12.7. The Labute approximate surface area is 155 Å². The molecule has 1 aliphatic rings. The van der Waals surface area contributed by atoms with E-state index >= 15 is 0 Å². The summed E-state index contributed by atoms with van der Waals surface area (Å²) in [5.74, 6) is 0.366. The monoisotopic (exact) mass is 365 g/mol. The average molecular weight is 366 g/mol. The summed E-state index contributed by atoms with van der Waals surface area (Å²) in [6.45, 7) is 8.59. The summed E-state index contributed by atoms with van der Waals surface area (Å²) in [4.78, 5) is 26.4. The highest BCUT2D eigenvalue weighted by Gasteiger charge is 2.30. The van der Waals surface area contributed by atoms with E-state index < -0.39 is 0 Å². The normalized spacial score (nSPS) is 17.7. The van der Waals surface area contributed by atoms with Crippen LogP contribution in [-0.4, -0.2) is 18.5 Å². The molecule has 5 heteroatoms. The van der Waals surface area contributed by atoms with Gasteiger partial charge in [0.15, 0.2) is 0 Å². The molecule has 0 aromatic carbocycles. The molecule has 1 heterocycles. The predicted octanol–water partition coefficient (Wildman–Crippen LogP) is 5.20. The zero-order valence-electron chi connectivity index (χ0n) is 15.9. The largest absolute Gasteiger partial charge is 0.462 e. The van der Waals surface area contributed by atoms with Gasteiger partial charge < -0.3 is 10.1 Å². The average Bonchev–Trinajstić information content (AvgIpc) is 2.92. The van der Waals surface area contributed by atoms with E-state index in [0.717, 1.165) is 50.5 Å². The summed E-state index contributed by atoms with van der Waals surface area (Å²) in [6.07, 6.45) is 6.81. The van der Waals surface area contributed by atoms with Crippen molar-refractivity contribution < 1.29 is 14.3 Å². The second-order valence-corrected chi connectivity index (χ2v) is 8.12. The Hall–Kier alpha value is -1.36. The molecule has 0 bridgehead atoms. The van der Waals surface area contributed by atoms with E-state index in [4.69, 9.17) is 4.74 Å². The zero-order chi connectivity index (χ0) is 18.4. The van der Waals surface area contributed by atoms with Gasteiger partial charge in [0, 0.05) is 10.8 Å². The van der Waals surface area contributed by atoms with Crippen molar-refractivity contribution in [1.29, 1.82) is 0 Å². The van der Waals surface area contributed by atoms with Crippen LogP contribution in [0.25, 0.3) is 0 Å². The molecule has 1 N–H and O–H groups in total. The number of amides is 1. The summed E-state index contributed by atoms with van der Waals surface area (Å²) in [5, 5.41) is 3.75. The maximum atomic E-state index is 12.7. The standard InChI is InChI=1S/C20H31NO3S/c1-5-8-9-14(6-2)18(22)21-19-17(20(23)24-7-3)15-11-10-13(4)12-16(15)25-19/h13-14H,5-12H2,1-4H3,(H,21,22). The van der Waals surface area contributed by atoms with Gasteiger partial charge in [-0.2, -0.15) is 0 Å². The van der Waals surface area contributed by atoms with Gasteiger partial charge in [0.25, 0.3) is 0 Å². The fourth-order valence-corrected chi connectivity index (χ4v) is 4.84. The van der Waals surface area contributed by atoms with Gasteiger partial charge in [0.1, 0.15) is 5.00 Å². The second-order valence-electron chi connectivity index (χ2n) is 7.01. The van der Waals surface area contributed by atoms with Crippen LogP contribution in [0, 0.1) is 11.8 Å². The van der Waals surface area contributed by atoms with Gasteiger partial charge in [-0.05, 0) is 50.5 Å². The molecule has 0 saturated heterocycles. The lowest BCUT2D eigenvalue weighted by Crippen LogP contribution is -2.23. The Morgan fingerprint density at radius 1 is 1.32 bits per heavy atom. The first-order chi connectivity index (χ1) is 12.0. The fraction of sp³-hybridized carbons (Fsp3) is 0.700. The number of carbonyl (C=O) groups is 2. The Kier molecular flexibility index (Phi) is 7.48.